The van der Waals surface area contributed by atoms with Crippen molar-refractivity contribution >= 4 is 16.9 Å². The van der Waals surface area contributed by atoms with E-state index in [1.165, 1.54) is 0 Å². The summed E-state index contributed by atoms with van der Waals surface area (Å²) >= 11 is 0. The molecule has 0 radical (unpaired) electrons. The number of methoxy groups -OCH3 is 1. The molecule has 0 N–H and O–H groups in total. The van der Waals surface area contributed by atoms with Gasteiger partial charge in [-0.25, -0.2) is 0 Å². The van der Waals surface area contributed by atoms with Crippen LogP contribution in [0.2, 0.25) is 0 Å². The summed E-state index contributed by atoms with van der Waals surface area (Å²) in [5.74, 6) is 1.79. The minimum Gasteiger partial charge on any atom is -0.486 e. The number of nitrogens with zero attached hydrogens (tertiary/aromatic N) is 1. The van der Waals surface area contributed by atoms with Crippen LogP contribution in [0.3, 0.4) is 0 Å². The number of hydrogen-bond acceptors (Lipinski definition) is 5. The fraction of sp³-hybridized carbons (Fsp3) is 0.348. The lowest BCUT2D eigenvalue weighted by atomic mass is 10.0. The van der Waals surface area contributed by atoms with Crippen molar-refractivity contribution in [3.63, 3.8) is 0 Å². The van der Waals surface area contributed by atoms with Gasteiger partial charge in [-0.3, -0.25) is 4.79 Å². The van der Waals surface area contributed by atoms with E-state index < -0.39 is 0 Å². The molecule has 0 bridgehead atoms. The first kappa shape index (κ1) is 18.1. The van der Waals surface area contributed by atoms with Crippen LogP contribution in [0.15, 0.2) is 46.9 Å². The Hall–Kier alpha value is -2.99. The van der Waals surface area contributed by atoms with Crippen LogP contribution >= 0.6 is 0 Å². The minimum absolute atomic E-state index is 0.0121. The van der Waals surface area contributed by atoms with Gasteiger partial charge in [-0.15, -0.1) is 0 Å². The molecule has 1 amide bonds. The van der Waals surface area contributed by atoms with Gasteiger partial charge in [0.1, 0.15) is 18.8 Å². The molecule has 1 saturated heterocycles. The molecule has 3 heterocycles. The first-order chi connectivity index (χ1) is 14.3. The van der Waals surface area contributed by atoms with Gasteiger partial charge in [-0.05, 0) is 36.6 Å². The Morgan fingerprint density at radius 1 is 1.14 bits per heavy atom. The zero-order chi connectivity index (χ0) is 19.8. The van der Waals surface area contributed by atoms with E-state index in [0.717, 1.165) is 40.9 Å². The first-order valence-electron chi connectivity index (χ1n) is 9.96. The Bertz CT molecular complexity index is 1060. The lowest BCUT2D eigenvalue weighted by molar-refractivity contribution is 0.0698. The second-order valence-electron chi connectivity index (χ2n) is 7.40. The highest BCUT2D eigenvalue weighted by Gasteiger charge is 2.34. The van der Waals surface area contributed by atoms with Crippen molar-refractivity contribution in [2.45, 2.75) is 25.5 Å². The summed E-state index contributed by atoms with van der Waals surface area (Å²) in [6, 6.07) is 13.6. The molecular formula is C23H23NO5. The normalized spacial score (nSPS) is 18.4. The molecule has 2 aromatic carbocycles. The van der Waals surface area contributed by atoms with Crippen molar-refractivity contribution in [2.24, 2.45) is 0 Å². The second-order valence-corrected chi connectivity index (χ2v) is 7.40. The molecule has 6 nitrogen and oxygen atoms in total. The predicted molar refractivity (Wildman–Crippen MR) is 107 cm³/mol. The number of carbonyl (C=O) groups is 1. The van der Waals surface area contributed by atoms with E-state index >= 15 is 0 Å². The Kier molecular flexibility index (Phi) is 4.64. The van der Waals surface area contributed by atoms with E-state index in [2.05, 4.69) is 0 Å². The van der Waals surface area contributed by atoms with Crippen molar-refractivity contribution < 1.29 is 23.4 Å². The lowest BCUT2D eigenvalue weighted by Crippen LogP contribution is -2.31. The fourth-order valence-electron chi connectivity index (χ4n) is 4.31. The van der Waals surface area contributed by atoms with E-state index in [1.54, 1.807) is 7.11 Å². The molecule has 29 heavy (non-hydrogen) atoms. The standard InChI is InChI=1S/C23H23NO5/c1-26-14-17-16-5-2-3-7-19(16)29-22(17)23(25)24-10-4-6-18(24)15-8-9-20-21(13-15)28-12-11-27-20/h2-3,5,7-9,13,18H,4,6,10-12,14H2,1H3. The number of furan rings is 1. The summed E-state index contributed by atoms with van der Waals surface area (Å²) in [4.78, 5) is 15.4. The topological polar surface area (TPSA) is 61.1 Å². The molecule has 1 aromatic heterocycles. The summed E-state index contributed by atoms with van der Waals surface area (Å²) in [6.45, 7) is 2.14. The van der Waals surface area contributed by atoms with Crippen LogP contribution in [-0.4, -0.2) is 37.7 Å². The molecule has 0 aliphatic carbocycles. The molecule has 1 unspecified atom stereocenters. The molecule has 0 spiro atoms. The maximum absolute atomic E-state index is 13.5. The largest absolute Gasteiger partial charge is 0.486 e. The van der Waals surface area contributed by atoms with Gasteiger partial charge < -0.3 is 23.5 Å². The van der Waals surface area contributed by atoms with Crippen LogP contribution in [0.1, 0.15) is 40.6 Å². The molecule has 2 aliphatic heterocycles. The third-order valence-electron chi connectivity index (χ3n) is 5.65. The number of amides is 1. The van der Waals surface area contributed by atoms with Crippen molar-refractivity contribution in [3.8, 4) is 11.5 Å². The molecule has 2 aliphatic rings. The van der Waals surface area contributed by atoms with Crippen LogP contribution in [0, 0.1) is 0 Å². The summed E-state index contributed by atoms with van der Waals surface area (Å²) in [7, 11) is 1.63. The van der Waals surface area contributed by atoms with Crippen LogP contribution in [-0.2, 0) is 11.3 Å². The van der Waals surface area contributed by atoms with Gasteiger partial charge in [0.25, 0.3) is 5.91 Å². The molecule has 0 saturated carbocycles. The molecular weight excluding hydrogens is 370 g/mol. The van der Waals surface area contributed by atoms with Gasteiger partial charge in [0.05, 0.1) is 12.6 Å². The van der Waals surface area contributed by atoms with E-state index in [1.807, 2.05) is 47.4 Å². The number of carbonyl (C=O) groups excluding carboxylic acids is 1. The van der Waals surface area contributed by atoms with Crippen molar-refractivity contribution in [2.75, 3.05) is 26.9 Å². The average Bonchev–Trinajstić information content (AvgIpc) is 3.39. The van der Waals surface area contributed by atoms with E-state index in [4.69, 9.17) is 18.6 Å². The lowest BCUT2D eigenvalue weighted by Gasteiger charge is -2.26. The number of rotatable bonds is 4. The predicted octanol–water partition coefficient (Wildman–Crippen LogP) is 4.33. The Balaban J connectivity index is 1.49. The van der Waals surface area contributed by atoms with Gasteiger partial charge in [-0.2, -0.15) is 0 Å². The minimum atomic E-state index is -0.0920. The highest BCUT2D eigenvalue weighted by Crippen LogP contribution is 2.39. The molecule has 1 fully saturated rings. The molecule has 5 rings (SSSR count). The van der Waals surface area contributed by atoms with Gasteiger partial charge in [0.2, 0.25) is 0 Å². The van der Waals surface area contributed by atoms with E-state index in [-0.39, 0.29) is 11.9 Å². The molecule has 6 heteroatoms. The summed E-state index contributed by atoms with van der Waals surface area (Å²) < 4.78 is 22.7. The van der Waals surface area contributed by atoms with Crippen LogP contribution < -0.4 is 9.47 Å². The second kappa shape index (κ2) is 7.44. The zero-order valence-electron chi connectivity index (χ0n) is 16.3. The number of para-hydroxylation sites is 1. The SMILES string of the molecule is COCc1c(C(=O)N2CCCC2c2ccc3c(c2)OCCO3)oc2ccccc12. The highest BCUT2D eigenvalue weighted by molar-refractivity contribution is 5.99. The molecule has 150 valence electrons. The number of hydrogen-bond donors (Lipinski definition) is 0. The van der Waals surface area contributed by atoms with Crippen molar-refractivity contribution in [1.82, 2.24) is 4.90 Å². The van der Waals surface area contributed by atoms with Crippen molar-refractivity contribution in [3.05, 3.63) is 59.4 Å². The third kappa shape index (κ3) is 3.13. The summed E-state index contributed by atoms with van der Waals surface area (Å²) in [6.07, 6.45) is 1.86. The third-order valence-corrected chi connectivity index (χ3v) is 5.65. The average molecular weight is 393 g/mol. The Morgan fingerprint density at radius 2 is 1.97 bits per heavy atom. The van der Waals surface area contributed by atoms with Crippen molar-refractivity contribution in [1.29, 1.82) is 0 Å². The van der Waals surface area contributed by atoms with Crippen LogP contribution in [0.5, 0.6) is 11.5 Å². The van der Waals surface area contributed by atoms with Gasteiger partial charge >= 0.3 is 0 Å². The van der Waals surface area contributed by atoms with Gasteiger partial charge in [0, 0.05) is 24.6 Å². The van der Waals surface area contributed by atoms with E-state index in [0.29, 0.717) is 37.7 Å². The number of fused-ring (bicyclic) bond motifs is 2. The number of likely N-dealkylation sites (tertiary alicyclic amines) is 1. The smallest absolute Gasteiger partial charge is 0.290 e. The summed E-state index contributed by atoms with van der Waals surface area (Å²) in [5, 5.41) is 0.924. The number of ether oxygens (including phenoxy) is 3. The monoisotopic (exact) mass is 393 g/mol. The Morgan fingerprint density at radius 3 is 2.83 bits per heavy atom. The van der Waals surface area contributed by atoms with Crippen LogP contribution in [0.4, 0.5) is 0 Å². The zero-order valence-corrected chi connectivity index (χ0v) is 16.3. The molecule has 3 aromatic rings. The summed E-state index contributed by atoms with van der Waals surface area (Å²) in [5.41, 5.74) is 2.57. The molecule has 1 atom stereocenters. The van der Waals surface area contributed by atoms with Gasteiger partial charge in [-0.1, -0.05) is 24.3 Å². The van der Waals surface area contributed by atoms with Gasteiger partial charge in [0.15, 0.2) is 17.3 Å². The fourth-order valence-corrected chi connectivity index (χ4v) is 4.31. The first-order valence-corrected chi connectivity index (χ1v) is 9.96. The quantitative estimate of drug-likeness (QED) is 0.660. The number of benzene rings is 2. The maximum Gasteiger partial charge on any atom is 0.290 e. The highest BCUT2D eigenvalue weighted by atomic mass is 16.6. The maximum atomic E-state index is 13.5. The van der Waals surface area contributed by atoms with E-state index in [9.17, 15) is 4.79 Å². The Labute approximate surface area is 168 Å². The van der Waals surface area contributed by atoms with Crippen LogP contribution in [0.25, 0.3) is 11.0 Å².